The molecule has 1 aromatic heterocycles. The molecular formula is C16H17N3O. The van der Waals surface area contributed by atoms with Gasteiger partial charge in [-0.2, -0.15) is 5.26 Å². The van der Waals surface area contributed by atoms with Gasteiger partial charge < -0.3 is 10.0 Å². The minimum atomic E-state index is 0.0212. The molecule has 0 aliphatic carbocycles. The average Bonchev–Trinajstić information content (AvgIpc) is 2.47. The Morgan fingerprint density at radius 3 is 2.65 bits per heavy atom. The molecule has 0 atom stereocenters. The van der Waals surface area contributed by atoms with Crippen LogP contribution in [-0.4, -0.2) is 23.2 Å². The van der Waals surface area contributed by atoms with Gasteiger partial charge in [0.05, 0.1) is 12.2 Å². The van der Waals surface area contributed by atoms with Crippen LogP contribution in [-0.2, 0) is 6.54 Å². The molecule has 0 aliphatic heterocycles. The van der Waals surface area contributed by atoms with Crippen LogP contribution in [0.5, 0.6) is 0 Å². The Bertz CT molecular complexity index is 605. The number of hydrogen-bond donors (Lipinski definition) is 1. The van der Waals surface area contributed by atoms with E-state index in [1.807, 2.05) is 48.2 Å². The van der Waals surface area contributed by atoms with E-state index in [9.17, 15) is 10.4 Å². The average molecular weight is 267 g/mol. The lowest BCUT2D eigenvalue weighted by molar-refractivity contribution is 0.301. The Kier molecular flexibility index (Phi) is 4.70. The molecule has 0 aliphatic rings. The fraction of sp³-hybridized carbons (Fsp3) is 0.250. The molecule has 1 heterocycles. The Morgan fingerprint density at radius 1 is 1.25 bits per heavy atom. The number of hydrogen-bond acceptors (Lipinski definition) is 4. The highest BCUT2D eigenvalue weighted by Gasteiger charge is 2.14. The highest BCUT2D eigenvalue weighted by molar-refractivity contribution is 5.57. The largest absolute Gasteiger partial charge is 0.395 e. The van der Waals surface area contributed by atoms with E-state index < -0.39 is 0 Å². The van der Waals surface area contributed by atoms with E-state index in [-0.39, 0.29) is 6.61 Å². The zero-order valence-electron chi connectivity index (χ0n) is 11.5. The zero-order valence-corrected chi connectivity index (χ0v) is 11.5. The minimum absolute atomic E-state index is 0.0212. The van der Waals surface area contributed by atoms with Crippen molar-refractivity contribution in [2.75, 3.05) is 18.1 Å². The smallest absolute Gasteiger partial charge is 0.147 e. The second-order valence-corrected chi connectivity index (χ2v) is 4.57. The van der Waals surface area contributed by atoms with Crippen LogP contribution in [0.25, 0.3) is 0 Å². The normalized spacial score (nSPS) is 10.1. The van der Waals surface area contributed by atoms with Crippen LogP contribution < -0.4 is 4.90 Å². The van der Waals surface area contributed by atoms with E-state index in [1.165, 1.54) is 0 Å². The zero-order chi connectivity index (χ0) is 14.4. The molecule has 0 fully saturated rings. The Labute approximate surface area is 118 Å². The summed E-state index contributed by atoms with van der Waals surface area (Å²) in [6, 6.07) is 14.0. The summed E-state index contributed by atoms with van der Waals surface area (Å²) in [6.45, 7) is 2.98. The number of aliphatic hydroxyl groups excluding tert-OH is 1. The fourth-order valence-electron chi connectivity index (χ4n) is 2.11. The van der Waals surface area contributed by atoms with Gasteiger partial charge in [-0.05, 0) is 24.1 Å². The van der Waals surface area contributed by atoms with Gasteiger partial charge in [0.15, 0.2) is 0 Å². The monoisotopic (exact) mass is 267 g/mol. The lowest BCUT2D eigenvalue weighted by Crippen LogP contribution is -2.28. The van der Waals surface area contributed by atoms with Gasteiger partial charge >= 0.3 is 0 Å². The fourth-order valence-corrected chi connectivity index (χ4v) is 2.11. The van der Waals surface area contributed by atoms with Crippen LogP contribution in [0, 0.1) is 18.3 Å². The summed E-state index contributed by atoms with van der Waals surface area (Å²) in [5.41, 5.74) is 2.58. The van der Waals surface area contributed by atoms with Crippen molar-refractivity contribution in [2.24, 2.45) is 0 Å². The first kappa shape index (κ1) is 14.0. The molecule has 2 rings (SSSR count). The van der Waals surface area contributed by atoms with Crippen molar-refractivity contribution in [3.63, 3.8) is 0 Å². The lowest BCUT2D eigenvalue weighted by atomic mass is 10.1. The van der Waals surface area contributed by atoms with E-state index in [2.05, 4.69) is 11.1 Å². The summed E-state index contributed by atoms with van der Waals surface area (Å²) >= 11 is 0. The van der Waals surface area contributed by atoms with Crippen molar-refractivity contribution in [1.29, 1.82) is 5.26 Å². The number of aromatic nitrogens is 1. The van der Waals surface area contributed by atoms with Crippen molar-refractivity contribution in [3.05, 3.63) is 59.3 Å². The van der Waals surface area contributed by atoms with Crippen molar-refractivity contribution in [1.82, 2.24) is 4.98 Å². The van der Waals surface area contributed by atoms with Crippen LogP contribution in [0.1, 0.15) is 16.7 Å². The van der Waals surface area contributed by atoms with Gasteiger partial charge in [0.25, 0.3) is 0 Å². The van der Waals surface area contributed by atoms with E-state index in [0.717, 1.165) is 11.1 Å². The van der Waals surface area contributed by atoms with E-state index in [0.29, 0.717) is 24.5 Å². The lowest BCUT2D eigenvalue weighted by Gasteiger charge is -2.24. The van der Waals surface area contributed by atoms with Gasteiger partial charge in [0, 0.05) is 19.3 Å². The minimum Gasteiger partial charge on any atom is -0.395 e. The van der Waals surface area contributed by atoms with Crippen LogP contribution in [0.2, 0.25) is 0 Å². The SMILES string of the molecule is Cc1ccnc(N(CCO)Cc2ccccc2)c1C#N. The number of anilines is 1. The summed E-state index contributed by atoms with van der Waals surface area (Å²) in [7, 11) is 0. The number of nitriles is 1. The molecule has 0 saturated heterocycles. The highest BCUT2D eigenvalue weighted by Crippen LogP contribution is 2.21. The van der Waals surface area contributed by atoms with Gasteiger partial charge in [-0.15, -0.1) is 0 Å². The van der Waals surface area contributed by atoms with Gasteiger partial charge in [-0.3, -0.25) is 0 Å². The maximum atomic E-state index is 9.30. The maximum absolute atomic E-state index is 9.30. The number of benzene rings is 1. The summed E-state index contributed by atoms with van der Waals surface area (Å²) < 4.78 is 0. The first-order valence-electron chi connectivity index (χ1n) is 6.51. The predicted molar refractivity (Wildman–Crippen MR) is 78.3 cm³/mol. The molecule has 2 aromatic rings. The molecule has 0 radical (unpaired) electrons. The molecule has 1 aromatic carbocycles. The van der Waals surface area contributed by atoms with Crippen molar-refractivity contribution >= 4 is 5.82 Å². The Morgan fingerprint density at radius 2 is 2.00 bits per heavy atom. The van der Waals surface area contributed by atoms with E-state index in [4.69, 9.17) is 0 Å². The number of pyridine rings is 1. The van der Waals surface area contributed by atoms with Gasteiger partial charge in [-0.25, -0.2) is 4.98 Å². The molecule has 4 nitrogen and oxygen atoms in total. The van der Waals surface area contributed by atoms with Crippen molar-refractivity contribution in [3.8, 4) is 6.07 Å². The maximum Gasteiger partial charge on any atom is 0.147 e. The van der Waals surface area contributed by atoms with Crippen molar-refractivity contribution in [2.45, 2.75) is 13.5 Å². The Balaban J connectivity index is 2.34. The second kappa shape index (κ2) is 6.69. The molecule has 0 unspecified atom stereocenters. The third-order valence-corrected chi connectivity index (χ3v) is 3.14. The standard InChI is InChI=1S/C16H17N3O/c1-13-7-8-18-16(15(13)11-17)19(9-10-20)12-14-5-3-2-4-6-14/h2-8,20H,9-10,12H2,1H3. The molecule has 1 N–H and O–H groups in total. The van der Waals surface area contributed by atoms with Crippen molar-refractivity contribution < 1.29 is 5.11 Å². The van der Waals surface area contributed by atoms with Crippen LogP contribution in [0.4, 0.5) is 5.82 Å². The van der Waals surface area contributed by atoms with Crippen LogP contribution in [0.3, 0.4) is 0 Å². The van der Waals surface area contributed by atoms with Crippen LogP contribution >= 0.6 is 0 Å². The Hall–Kier alpha value is -2.38. The quantitative estimate of drug-likeness (QED) is 0.902. The molecule has 0 spiro atoms. The summed E-state index contributed by atoms with van der Waals surface area (Å²) in [5.74, 6) is 0.630. The van der Waals surface area contributed by atoms with Gasteiger partial charge in [-0.1, -0.05) is 30.3 Å². The third kappa shape index (κ3) is 3.14. The number of rotatable bonds is 5. The highest BCUT2D eigenvalue weighted by atomic mass is 16.3. The van der Waals surface area contributed by atoms with E-state index in [1.54, 1.807) is 6.20 Å². The van der Waals surface area contributed by atoms with Crippen LogP contribution in [0.15, 0.2) is 42.6 Å². The number of aryl methyl sites for hydroxylation is 1. The molecule has 102 valence electrons. The number of aliphatic hydroxyl groups is 1. The summed E-state index contributed by atoms with van der Waals surface area (Å²) in [4.78, 5) is 6.25. The summed E-state index contributed by atoms with van der Waals surface area (Å²) in [5, 5.41) is 18.6. The first-order valence-corrected chi connectivity index (χ1v) is 6.51. The topological polar surface area (TPSA) is 60.1 Å². The predicted octanol–water partition coefficient (Wildman–Crippen LogP) is 2.26. The third-order valence-electron chi connectivity index (χ3n) is 3.14. The summed E-state index contributed by atoms with van der Waals surface area (Å²) in [6.07, 6.45) is 1.70. The molecule has 0 amide bonds. The molecule has 0 bridgehead atoms. The number of nitrogens with zero attached hydrogens (tertiary/aromatic N) is 3. The van der Waals surface area contributed by atoms with E-state index >= 15 is 0 Å². The van der Waals surface area contributed by atoms with Gasteiger partial charge in [0.2, 0.25) is 0 Å². The molecule has 0 saturated carbocycles. The van der Waals surface area contributed by atoms with Gasteiger partial charge in [0.1, 0.15) is 11.9 Å². The second-order valence-electron chi connectivity index (χ2n) is 4.57. The molecule has 4 heteroatoms. The molecule has 20 heavy (non-hydrogen) atoms. The molecular weight excluding hydrogens is 250 g/mol. The first-order chi connectivity index (χ1) is 9.76.